The highest BCUT2D eigenvalue weighted by Crippen LogP contribution is 2.22. The lowest BCUT2D eigenvalue weighted by atomic mass is 9.99. The molecule has 0 radical (unpaired) electrons. The molecule has 1 aromatic rings. The Morgan fingerprint density at radius 2 is 1.76 bits per heavy atom. The smallest absolute Gasteiger partial charge is 0.0438 e. The molecule has 94 valence electrons. The van der Waals surface area contributed by atoms with E-state index in [2.05, 4.69) is 26.0 Å². The number of hydrogen-bond donors (Lipinski definition) is 0. The maximum absolute atomic E-state index is 4.93. The van der Waals surface area contributed by atoms with Crippen LogP contribution in [-0.4, -0.2) is 4.98 Å². The fraction of sp³-hybridized carbons (Fsp3) is 0.688. The number of hydrogen-bond acceptors (Lipinski definition) is 1. The van der Waals surface area contributed by atoms with Gasteiger partial charge < -0.3 is 0 Å². The van der Waals surface area contributed by atoms with E-state index in [9.17, 15) is 0 Å². The number of rotatable bonds is 2. The molecule has 0 saturated heterocycles. The molecule has 2 rings (SSSR count). The van der Waals surface area contributed by atoms with Gasteiger partial charge in [-0.05, 0) is 49.7 Å². The van der Waals surface area contributed by atoms with Gasteiger partial charge in [-0.2, -0.15) is 0 Å². The molecule has 17 heavy (non-hydrogen) atoms. The number of aryl methyl sites for hydroxylation is 2. The number of pyridine rings is 1. The maximum atomic E-state index is 4.93. The van der Waals surface area contributed by atoms with Crippen molar-refractivity contribution in [2.75, 3.05) is 0 Å². The lowest BCUT2D eigenvalue weighted by Gasteiger charge is -2.13. The summed E-state index contributed by atoms with van der Waals surface area (Å²) in [7, 11) is 0. The summed E-state index contributed by atoms with van der Waals surface area (Å²) in [4.78, 5) is 4.93. The molecule has 1 heteroatoms. The summed E-state index contributed by atoms with van der Waals surface area (Å²) in [5.74, 6) is 0.605. The van der Waals surface area contributed by atoms with Crippen molar-refractivity contribution in [3.05, 3.63) is 29.1 Å². The van der Waals surface area contributed by atoms with Gasteiger partial charge in [0.15, 0.2) is 0 Å². The van der Waals surface area contributed by atoms with Crippen LogP contribution in [0.1, 0.15) is 75.2 Å². The van der Waals surface area contributed by atoms with Crippen molar-refractivity contribution < 1.29 is 0 Å². The van der Waals surface area contributed by atoms with Crippen molar-refractivity contribution in [2.45, 2.75) is 71.1 Å². The van der Waals surface area contributed by atoms with Gasteiger partial charge in [0.1, 0.15) is 0 Å². The van der Waals surface area contributed by atoms with Crippen molar-refractivity contribution in [1.29, 1.82) is 0 Å². The van der Waals surface area contributed by atoms with Crippen LogP contribution in [0.3, 0.4) is 0 Å². The van der Waals surface area contributed by atoms with Crippen LogP contribution in [0.15, 0.2) is 12.1 Å². The Hall–Kier alpha value is -0.850. The molecule has 1 aliphatic rings. The topological polar surface area (TPSA) is 12.9 Å². The van der Waals surface area contributed by atoms with E-state index in [0.29, 0.717) is 5.92 Å². The summed E-state index contributed by atoms with van der Waals surface area (Å²) in [6.45, 7) is 4.53. The van der Waals surface area contributed by atoms with Crippen molar-refractivity contribution >= 4 is 0 Å². The first-order valence-electron chi connectivity index (χ1n) is 7.30. The monoisotopic (exact) mass is 231 g/mol. The van der Waals surface area contributed by atoms with Crippen LogP contribution in [0, 0.1) is 0 Å². The summed E-state index contributed by atoms with van der Waals surface area (Å²) in [5, 5.41) is 0. The van der Waals surface area contributed by atoms with Gasteiger partial charge in [0, 0.05) is 11.4 Å². The zero-order valence-electron chi connectivity index (χ0n) is 11.3. The second-order valence-corrected chi connectivity index (χ2v) is 5.42. The Morgan fingerprint density at radius 3 is 2.53 bits per heavy atom. The van der Waals surface area contributed by atoms with Gasteiger partial charge in [-0.15, -0.1) is 0 Å². The highest BCUT2D eigenvalue weighted by molar-refractivity contribution is 5.25. The largest absolute Gasteiger partial charge is 0.257 e. The summed E-state index contributed by atoms with van der Waals surface area (Å²) < 4.78 is 0. The Balaban J connectivity index is 2.22. The van der Waals surface area contributed by atoms with Gasteiger partial charge in [0.25, 0.3) is 0 Å². The van der Waals surface area contributed by atoms with Crippen LogP contribution >= 0.6 is 0 Å². The average Bonchev–Trinajstić information content (AvgIpc) is 2.48. The molecule has 1 aromatic heterocycles. The SMILES string of the molecule is CCC(C)c1ccc2c(n1)CCCCCCC2. The lowest BCUT2D eigenvalue weighted by Crippen LogP contribution is -2.03. The molecule has 0 aliphatic heterocycles. The van der Waals surface area contributed by atoms with Gasteiger partial charge in [-0.1, -0.05) is 39.2 Å². The summed E-state index contributed by atoms with van der Waals surface area (Å²) in [6, 6.07) is 4.60. The van der Waals surface area contributed by atoms with Gasteiger partial charge in [0.2, 0.25) is 0 Å². The minimum absolute atomic E-state index is 0.605. The first kappa shape index (κ1) is 12.6. The third-order valence-electron chi connectivity index (χ3n) is 4.07. The van der Waals surface area contributed by atoms with Gasteiger partial charge in [-0.25, -0.2) is 0 Å². The Morgan fingerprint density at radius 1 is 1.06 bits per heavy atom. The van der Waals surface area contributed by atoms with E-state index < -0.39 is 0 Å². The molecule has 0 N–H and O–H groups in total. The summed E-state index contributed by atoms with van der Waals surface area (Å²) >= 11 is 0. The molecule has 1 aliphatic carbocycles. The first-order chi connectivity index (χ1) is 8.31. The molecule has 0 saturated carbocycles. The predicted molar refractivity (Wildman–Crippen MR) is 73.4 cm³/mol. The van der Waals surface area contributed by atoms with E-state index in [1.165, 1.54) is 68.3 Å². The fourth-order valence-electron chi connectivity index (χ4n) is 2.61. The van der Waals surface area contributed by atoms with E-state index in [4.69, 9.17) is 4.98 Å². The van der Waals surface area contributed by atoms with Crippen LogP contribution < -0.4 is 0 Å². The molecule has 1 unspecified atom stereocenters. The highest BCUT2D eigenvalue weighted by Gasteiger charge is 2.11. The minimum atomic E-state index is 0.605. The van der Waals surface area contributed by atoms with Gasteiger partial charge >= 0.3 is 0 Å². The van der Waals surface area contributed by atoms with Crippen LogP contribution in [-0.2, 0) is 12.8 Å². The molecule has 0 amide bonds. The molecular formula is C16H25N. The van der Waals surface area contributed by atoms with Crippen LogP contribution in [0.2, 0.25) is 0 Å². The maximum Gasteiger partial charge on any atom is 0.0438 e. The second-order valence-electron chi connectivity index (χ2n) is 5.42. The Labute approximate surface area is 106 Å². The van der Waals surface area contributed by atoms with Gasteiger partial charge in [-0.3, -0.25) is 4.98 Å². The van der Waals surface area contributed by atoms with Crippen molar-refractivity contribution in [3.63, 3.8) is 0 Å². The Bertz CT molecular complexity index is 357. The fourth-order valence-corrected chi connectivity index (χ4v) is 2.61. The molecule has 0 aromatic carbocycles. The lowest BCUT2D eigenvalue weighted by molar-refractivity contribution is 0.627. The van der Waals surface area contributed by atoms with Crippen LogP contribution in [0.5, 0.6) is 0 Å². The molecule has 0 spiro atoms. The highest BCUT2D eigenvalue weighted by atomic mass is 14.7. The third-order valence-corrected chi connectivity index (χ3v) is 4.07. The minimum Gasteiger partial charge on any atom is -0.257 e. The van der Waals surface area contributed by atoms with Crippen LogP contribution in [0.4, 0.5) is 0 Å². The summed E-state index contributed by atoms with van der Waals surface area (Å²) in [5.41, 5.74) is 4.20. The van der Waals surface area contributed by atoms with E-state index >= 15 is 0 Å². The quantitative estimate of drug-likeness (QED) is 0.722. The van der Waals surface area contributed by atoms with E-state index in [1.54, 1.807) is 0 Å². The van der Waals surface area contributed by atoms with E-state index in [0.717, 1.165) is 0 Å². The number of fused-ring (bicyclic) bond motifs is 1. The standard InChI is InChI=1S/C16H25N/c1-3-13(2)15-12-11-14-9-7-5-4-6-8-10-16(14)17-15/h11-13H,3-10H2,1-2H3. The third kappa shape index (κ3) is 3.31. The molecular weight excluding hydrogens is 206 g/mol. The molecule has 1 nitrogen and oxygen atoms in total. The van der Waals surface area contributed by atoms with E-state index in [-0.39, 0.29) is 0 Å². The van der Waals surface area contributed by atoms with Crippen LogP contribution in [0.25, 0.3) is 0 Å². The predicted octanol–water partition coefficient (Wildman–Crippen LogP) is 4.64. The van der Waals surface area contributed by atoms with Crippen molar-refractivity contribution in [2.24, 2.45) is 0 Å². The molecule has 1 heterocycles. The van der Waals surface area contributed by atoms with E-state index in [1.807, 2.05) is 0 Å². The van der Waals surface area contributed by atoms with Crippen molar-refractivity contribution in [3.8, 4) is 0 Å². The zero-order chi connectivity index (χ0) is 12.1. The van der Waals surface area contributed by atoms with Gasteiger partial charge in [0.05, 0.1) is 0 Å². The molecule has 0 bridgehead atoms. The average molecular weight is 231 g/mol. The molecule has 1 atom stereocenters. The Kier molecular flexibility index (Phi) is 4.58. The number of nitrogens with zero attached hydrogens (tertiary/aromatic N) is 1. The second kappa shape index (κ2) is 6.18. The normalized spacial score (nSPS) is 18.7. The molecule has 0 fully saturated rings. The van der Waals surface area contributed by atoms with Crippen molar-refractivity contribution in [1.82, 2.24) is 4.98 Å². The first-order valence-corrected chi connectivity index (χ1v) is 7.30. The zero-order valence-corrected chi connectivity index (χ0v) is 11.3. The number of aromatic nitrogens is 1. The summed E-state index contributed by atoms with van der Waals surface area (Å²) in [6.07, 6.45) is 10.5.